The van der Waals surface area contributed by atoms with Crippen LogP contribution in [0.15, 0.2) is 63.8 Å². The van der Waals surface area contributed by atoms with E-state index in [-0.39, 0.29) is 11.7 Å². The van der Waals surface area contributed by atoms with Gasteiger partial charge in [-0.1, -0.05) is 30.3 Å². The molecule has 0 bridgehead atoms. The number of ether oxygens (including phenoxy) is 1. The normalized spacial score (nSPS) is 17.3. The fourth-order valence-corrected chi connectivity index (χ4v) is 3.99. The highest BCUT2D eigenvalue weighted by atomic mass is 16.5. The van der Waals surface area contributed by atoms with Crippen LogP contribution < -0.4 is 10.2 Å². The third kappa shape index (κ3) is 5.10. The summed E-state index contributed by atoms with van der Waals surface area (Å²) in [5, 5.41) is 10.5. The largest absolute Gasteiger partial charge is 0.494 e. The molecule has 1 fully saturated rings. The highest BCUT2D eigenvalue weighted by Crippen LogP contribution is 2.24. The van der Waals surface area contributed by atoms with Gasteiger partial charge in [-0.15, -0.1) is 0 Å². The van der Waals surface area contributed by atoms with Crippen molar-refractivity contribution in [1.82, 2.24) is 4.90 Å². The zero-order valence-electron chi connectivity index (χ0n) is 17.3. The number of aliphatic hydroxyl groups excluding tert-OH is 1. The highest BCUT2D eigenvalue weighted by molar-refractivity contribution is 5.80. The molecule has 0 aliphatic carbocycles. The lowest BCUT2D eigenvalue weighted by Crippen LogP contribution is -2.39. The average Bonchev–Trinajstić information content (AvgIpc) is 2.78. The van der Waals surface area contributed by atoms with Crippen molar-refractivity contribution < 1.29 is 14.3 Å². The zero-order valence-corrected chi connectivity index (χ0v) is 17.3. The van der Waals surface area contributed by atoms with E-state index in [1.54, 1.807) is 12.1 Å². The van der Waals surface area contributed by atoms with Crippen LogP contribution in [-0.4, -0.2) is 35.9 Å². The van der Waals surface area contributed by atoms with E-state index in [0.29, 0.717) is 29.1 Å². The highest BCUT2D eigenvalue weighted by Gasteiger charge is 2.18. The lowest BCUT2D eigenvalue weighted by molar-refractivity contribution is -0.0243. The van der Waals surface area contributed by atoms with Gasteiger partial charge in [-0.2, -0.15) is 0 Å². The Morgan fingerprint density at radius 2 is 1.90 bits per heavy atom. The van der Waals surface area contributed by atoms with Gasteiger partial charge in [-0.3, -0.25) is 9.69 Å². The van der Waals surface area contributed by atoms with Crippen molar-refractivity contribution >= 4 is 11.0 Å². The van der Waals surface area contributed by atoms with Crippen molar-refractivity contribution in [2.45, 2.75) is 44.8 Å². The van der Waals surface area contributed by atoms with Crippen LogP contribution in [0.5, 0.6) is 5.75 Å². The first-order valence-electron chi connectivity index (χ1n) is 10.9. The predicted octanol–water partition coefficient (Wildman–Crippen LogP) is 4.81. The van der Waals surface area contributed by atoms with E-state index >= 15 is 0 Å². The molecule has 0 saturated carbocycles. The maximum atomic E-state index is 12.6. The van der Waals surface area contributed by atoms with Crippen LogP contribution in [0.1, 0.15) is 38.5 Å². The van der Waals surface area contributed by atoms with Crippen LogP contribution in [0.2, 0.25) is 0 Å². The number of rotatable bonds is 8. The summed E-state index contributed by atoms with van der Waals surface area (Å²) in [6.07, 6.45) is 6.01. The molecule has 158 valence electrons. The maximum absolute atomic E-state index is 12.6. The van der Waals surface area contributed by atoms with Crippen molar-refractivity contribution in [1.29, 1.82) is 0 Å². The molecule has 5 heteroatoms. The second-order valence-electron chi connectivity index (χ2n) is 7.92. The van der Waals surface area contributed by atoms with Crippen molar-refractivity contribution in [3.63, 3.8) is 0 Å². The van der Waals surface area contributed by atoms with Crippen molar-refractivity contribution in [2.75, 3.05) is 19.7 Å². The summed E-state index contributed by atoms with van der Waals surface area (Å²) in [4.78, 5) is 14.8. The topological polar surface area (TPSA) is 62.9 Å². The van der Waals surface area contributed by atoms with E-state index in [1.807, 2.05) is 36.4 Å². The summed E-state index contributed by atoms with van der Waals surface area (Å²) in [6.45, 7) is 2.56. The number of hydrogen-bond acceptors (Lipinski definition) is 5. The van der Waals surface area contributed by atoms with Crippen LogP contribution in [0.4, 0.5) is 0 Å². The van der Waals surface area contributed by atoms with Crippen LogP contribution in [0.25, 0.3) is 22.3 Å². The number of fused-ring (bicyclic) bond motifs is 1. The molecule has 1 aliphatic rings. The van der Waals surface area contributed by atoms with E-state index in [1.165, 1.54) is 12.5 Å². The first-order chi connectivity index (χ1) is 14.7. The van der Waals surface area contributed by atoms with Gasteiger partial charge in [0.25, 0.3) is 0 Å². The summed E-state index contributed by atoms with van der Waals surface area (Å²) >= 11 is 0. The Bertz CT molecular complexity index is 1010. The lowest BCUT2D eigenvalue weighted by atomic mass is 10.1. The Hall–Kier alpha value is -2.63. The Labute approximate surface area is 176 Å². The summed E-state index contributed by atoms with van der Waals surface area (Å²) < 4.78 is 11.8. The number of aliphatic hydroxyl groups is 1. The SMILES string of the molecule is O=c1cc(-c2ccccc2)oc2ccc(OCCCCCN3CCCCC3O)cc12. The second kappa shape index (κ2) is 9.92. The maximum Gasteiger partial charge on any atom is 0.193 e. The number of likely N-dealkylation sites (tertiary alicyclic amines) is 1. The Kier molecular flexibility index (Phi) is 6.82. The number of benzene rings is 2. The minimum atomic E-state index is -0.262. The number of nitrogens with zero attached hydrogens (tertiary/aromatic N) is 1. The molecule has 1 aromatic heterocycles. The molecule has 1 saturated heterocycles. The second-order valence-corrected chi connectivity index (χ2v) is 7.92. The minimum absolute atomic E-state index is 0.0688. The third-order valence-electron chi connectivity index (χ3n) is 5.69. The molecule has 1 unspecified atom stereocenters. The van der Waals surface area contributed by atoms with Gasteiger partial charge in [0.05, 0.1) is 12.0 Å². The monoisotopic (exact) mass is 407 g/mol. The van der Waals surface area contributed by atoms with Crippen LogP contribution >= 0.6 is 0 Å². The Morgan fingerprint density at radius 1 is 1.03 bits per heavy atom. The van der Waals surface area contributed by atoms with Crippen LogP contribution in [0.3, 0.4) is 0 Å². The molecule has 0 spiro atoms. The molecule has 30 heavy (non-hydrogen) atoms. The van der Waals surface area contributed by atoms with E-state index < -0.39 is 0 Å². The van der Waals surface area contributed by atoms with Gasteiger partial charge >= 0.3 is 0 Å². The van der Waals surface area contributed by atoms with Crippen LogP contribution in [0, 0.1) is 0 Å². The van der Waals surface area contributed by atoms with Crippen LogP contribution in [-0.2, 0) is 0 Å². The molecule has 1 N–H and O–H groups in total. The van der Waals surface area contributed by atoms with Gasteiger partial charge in [-0.25, -0.2) is 0 Å². The summed E-state index contributed by atoms with van der Waals surface area (Å²) in [5.74, 6) is 1.26. The average molecular weight is 408 g/mol. The van der Waals surface area contributed by atoms with Gasteiger partial charge in [0.15, 0.2) is 5.43 Å². The van der Waals surface area contributed by atoms with E-state index in [0.717, 1.165) is 50.8 Å². The first kappa shape index (κ1) is 20.6. The molecule has 0 amide bonds. The molecule has 2 aromatic carbocycles. The molecule has 3 aromatic rings. The van der Waals surface area contributed by atoms with Gasteiger partial charge in [0.1, 0.15) is 23.3 Å². The zero-order chi connectivity index (χ0) is 20.8. The van der Waals surface area contributed by atoms with E-state index in [4.69, 9.17) is 9.15 Å². The van der Waals surface area contributed by atoms with Crippen molar-refractivity contribution in [2.24, 2.45) is 0 Å². The molecule has 4 rings (SSSR count). The fraction of sp³-hybridized carbons (Fsp3) is 0.400. The van der Waals surface area contributed by atoms with Crippen molar-refractivity contribution in [3.8, 4) is 17.1 Å². The predicted molar refractivity (Wildman–Crippen MR) is 119 cm³/mol. The van der Waals surface area contributed by atoms with Gasteiger partial charge in [0.2, 0.25) is 0 Å². The molecular formula is C25H29NO4. The smallest absolute Gasteiger partial charge is 0.193 e. The number of hydrogen-bond donors (Lipinski definition) is 1. The third-order valence-corrected chi connectivity index (χ3v) is 5.69. The fourth-order valence-electron chi connectivity index (χ4n) is 3.99. The van der Waals surface area contributed by atoms with E-state index in [2.05, 4.69) is 4.90 Å². The Balaban J connectivity index is 1.29. The lowest BCUT2D eigenvalue weighted by Gasteiger charge is -2.31. The van der Waals surface area contributed by atoms with E-state index in [9.17, 15) is 9.90 Å². The van der Waals surface area contributed by atoms with Gasteiger partial charge in [-0.05, 0) is 56.7 Å². The summed E-state index contributed by atoms with van der Waals surface area (Å²) in [6, 6.07) is 16.6. The Morgan fingerprint density at radius 3 is 2.73 bits per heavy atom. The molecular weight excluding hydrogens is 378 g/mol. The van der Waals surface area contributed by atoms with Gasteiger partial charge < -0.3 is 14.3 Å². The molecule has 1 atom stereocenters. The quantitative estimate of drug-likeness (QED) is 0.543. The standard InChI is InChI=1S/C25H29NO4/c27-22-18-24(19-9-3-1-4-10-19)30-23-13-12-20(17-21(22)23)29-16-8-2-6-14-26-15-7-5-11-25(26)28/h1,3-4,9-10,12-13,17-18,25,28H,2,5-8,11,14-16H2. The number of unbranched alkanes of at least 4 members (excludes halogenated alkanes) is 2. The molecule has 1 aliphatic heterocycles. The van der Waals surface area contributed by atoms with Gasteiger partial charge in [0, 0.05) is 24.7 Å². The summed E-state index contributed by atoms with van der Waals surface area (Å²) in [7, 11) is 0. The van der Waals surface area contributed by atoms with Crippen molar-refractivity contribution in [3.05, 3.63) is 64.8 Å². The minimum Gasteiger partial charge on any atom is -0.494 e. The number of piperidine rings is 1. The first-order valence-corrected chi connectivity index (χ1v) is 10.9. The molecule has 5 nitrogen and oxygen atoms in total. The summed E-state index contributed by atoms with van der Waals surface area (Å²) in [5.41, 5.74) is 1.38. The molecule has 2 heterocycles. The molecule has 0 radical (unpaired) electrons.